The van der Waals surface area contributed by atoms with Crippen molar-refractivity contribution in [1.82, 2.24) is 0 Å². The van der Waals surface area contributed by atoms with E-state index in [1.807, 2.05) is 12.1 Å². The Hall–Kier alpha value is -0.680. The molecule has 2 fully saturated rings. The van der Waals surface area contributed by atoms with Crippen LogP contribution in [0.25, 0.3) is 0 Å². The van der Waals surface area contributed by atoms with Gasteiger partial charge in [-0.2, -0.15) is 0 Å². The molecule has 0 bridgehead atoms. The molecular formula is C15H17Cl3N2O2. The van der Waals surface area contributed by atoms with Crippen molar-refractivity contribution in [3.63, 3.8) is 0 Å². The third-order valence-electron chi connectivity index (χ3n) is 4.32. The highest BCUT2D eigenvalue weighted by Gasteiger charge is 2.67. The quantitative estimate of drug-likeness (QED) is 0.833. The van der Waals surface area contributed by atoms with Crippen LogP contribution < -0.4 is 10.2 Å². The van der Waals surface area contributed by atoms with Crippen LogP contribution in [0.2, 0.25) is 5.02 Å². The zero-order chi connectivity index (χ0) is 16.0. The normalized spacial score (nSPS) is 26.6. The number of nitrogens with zero attached hydrogens (tertiary/aromatic N) is 1. The number of hydrogen-bond acceptors (Lipinski definition) is 3. The minimum absolute atomic E-state index is 0.186. The fraction of sp³-hybridized carbons (Fsp3) is 0.533. The standard InChI is InChI=1S/C15H17Cl3N2O2/c1-14(9-15(14,17)18)13(21)19-11-8-10(16)2-3-12(11)20-4-6-22-7-5-20/h2-3,8H,4-7,9H2,1H3,(H,19,21). The molecule has 1 amide bonds. The first kappa shape index (κ1) is 16.2. The first-order valence-corrected chi connectivity index (χ1v) is 8.28. The van der Waals surface area contributed by atoms with E-state index < -0.39 is 9.75 Å². The number of morpholine rings is 1. The van der Waals surface area contributed by atoms with Gasteiger partial charge in [-0.25, -0.2) is 0 Å². The molecule has 4 nitrogen and oxygen atoms in total. The summed E-state index contributed by atoms with van der Waals surface area (Å²) in [5, 5.41) is 3.50. The molecule has 3 rings (SSSR count). The maximum absolute atomic E-state index is 12.5. The van der Waals surface area contributed by atoms with Gasteiger partial charge in [0.1, 0.15) is 4.33 Å². The Morgan fingerprint density at radius 3 is 2.55 bits per heavy atom. The van der Waals surface area contributed by atoms with Crippen molar-refractivity contribution in [3.05, 3.63) is 23.2 Å². The molecule has 1 unspecified atom stereocenters. The number of benzene rings is 1. The largest absolute Gasteiger partial charge is 0.378 e. The summed E-state index contributed by atoms with van der Waals surface area (Å²) in [6.45, 7) is 4.65. The van der Waals surface area contributed by atoms with E-state index in [1.165, 1.54) is 0 Å². The molecule has 0 radical (unpaired) electrons. The summed E-state index contributed by atoms with van der Waals surface area (Å²) in [7, 11) is 0. The maximum atomic E-state index is 12.5. The van der Waals surface area contributed by atoms with Crippen molar-refractivity contribution < 1.29 is 9.53 Å². The average Bonchev–Trinajstić information content (AvgIpc) is 3.00. The van der Waals surface area contributed by atoms with Crippen LogP contribution in [-0.2, 0) is 9.53 Å². The number of amides is 1. The Morgan fingerprint density at radius 1 is 1.32 bits per heavy atom. The Morgan fingerprint density at radius 2 is 1.95 bits per heavy atom. The van der Waals surface area contributed by atoms with Crippen molar-refractivity contribution >= 4 is 52.1 Å². The predicted molar refractivity (Wildman–Crippen MR) is 90.3 cm³/mol. The lowest BCUT2D eigenvalue weighted by atomic mass is 10.1. The summed E-state index contributed by atoms with van der Waals surface area (Å²) in [6, 6.07) is 5.47. The molecule has 1 aliphatic heterocycles. The fourth-order valence-corrected chi connectivity index (χ4v) is 3.47. The monoisotopic (exact) mass is 362 g/mol. The number of carbonyl (C=O) groups excluding carboxylic acids is 1. The minimum Gasteiger partial charge on any atom is -0.378 e. The van der Waals surface area contributed by atoms with Gasteiger partial charge >= 0.3 is 0 Å². The number of halogens is 3. The highest BCUT2D eigenvalue weighted by molar-refractivity contribution is 6.53. The summed E-state index contributed by atoms with van der Waals surface area (Å²) in [5.74, 6) is -0.186. The molecule has 0 spiro atoms. The summed E-state index contributed by atoms with van der Waals surface area (Å²) >= 11 is 18.2. The van der Waals surface area contributed by atoms with Crippen LogP contribution in [0.15, 0.2) is 18.2 Å². The van der Waals surface area contributed by atoms with Gasteiger partial charge in [0, 0.05) is 18.1 Å². The number of ether oxygens (including phenoxy) is 1. The lowest BCUT2D eigenvalue weighted by Gasteiger charge is -2.31. The molecule has 1 aromatic carbocycles. The van der Waals surface area contributed by atoms with Gasteiger partial charge in [-0.05, 0) is 31.5 Å². The predicted octanol–water partition coefficient (Wildman–Crippen LogP) is 3.70. The van der Waals surface area contributed by atoms with Gasteiger partial charge in [-0.15, -0.1) is 23.2 Å². The molecule has 1 aromatic rings. The number of carbonyl (C=O) groups is 1. The van der Waals surface area contributed by atoms with Gasteiger partial charge in [0.25, 0.3) is 0 Å². The summed E-state index contributed by atoms with van der Waals surface area (Å²) < 4.78 is 4.38. The lowest BCUT2D eigenvalue weighted by molar-refractivity contribution is -0.120. The van der Waals surface area contributed by atoms with Gasteiger partial charge in [-0.3, -0.25) is 4.79 Å². The van der Waals surface area contributed by atoms with Crippen LogP contribution in [0.1, 0.15) is 13.3 Å². The molecule has 120 valence electrons. The number of alkyl halides is 2. The number of rotatable bonds is 3. The molecule has 1 atom stereocenters. The third-order valence-corrected chi connectivity index (χ3v) is 5.65. The van der Waals surface area contributed by atoms with Crippen LogP contribution >= 0.6 is 34.8 Å². The summed E-state index contributed by atoms with van der Waals surface area (Å²) in [5.41, 5.74) is 0.845. The Labute approximate surface area is 144 Å². The maximum Gasteiger partial charge on any atom is 0.233 e. The van der Waals surface area contributed by atoms with E-state index in [9.17, 15) is 4.79 Å². The van der Waals surface area contributed by atoms with Gasteiger partial charge in [0.15, 0.2) is 0 Å². The summed E-state index contributed by atoms with van der Waals surface area (Å²) in [6.07, 6.45) is 0.447. The zero-order valence-corrected chi connectivity index (χ0v) is 14.4. The Balaban J connectivity index is 1.83. The van der Waals surface area contributed by atoms with E-state index in [4.69, 9.17) is 39.5 Å². The molecule has 1 aliphatic carbocycles. The van der Waals surface area contributed by atoms with Gasteiger partial charge in [0.2, 0.25) is 5.91 Å². The molecule has 1 saturated heterocycles. The molecule has 0 aromatic heterocycles. The Bertz CT molecular complexity index is 602. The van der Waals surface area contributed by atoms with Gasteiger partial charge in [0.05, 0.1) is 30.0 Å². The number of anilines is 2. The molecule has 1 N–H and O–H groups in total. The number of hydrogen-bond donors (Lipinski definition) is 1. The smallest absolute Gasteiger partial charge is 0.233 e. The average molecular weight is 364 g/mol. The van der Waals surface area contributed by atoms with Crippen LogP contribution in [0, 0.1) is 5.41 Å². The van der Waals surface area contributed by atoms with Crippen molar-refractivity contribution in [2.45, 2.75) is 17.7 Å². The van der Waals surface area contributed by atoms with E-state index in [0.717, 1.165) is 18.8 Å². The summed E-state index contributed by atoms with van der Waals surface area (Å²) in [4.78, 5) is 14.7. The molecule has 7 heteroatoms. The second-order valence-corrected chi connectivity index (χ2v) is 7.85. The second kappa shape index (κ2) is 5.75. The highest BCUT2D eigenvalue weighted by atomic mass is 35.5. The Kier molecular flexibility index (Phi) is 4.23. The van der Waals surface area contributed by atoms with Crippen LogP contribution in [0.4, 0.5) is 11.4 Å². The second-order valence-electron chi connectivity index (χ2n) is 5.93. The highest BCUT2D eigenvalue weighted by Crippen LogP contribution is 2.64. The molecule has 1 saturated carbocycles. The van der Waals surface area contributed by atoms with E-state index >= 15 is 0 Å². The van der Waals surface area contributed by atoms with Gasteiger partial charge < -0.3 is 15.0 Å². The van der Waals surface area contributed by atoms with Crippen molar-refractivity contribution in [2.24, 2.45) is 5.41 Å². The van der Waals surface area contributed by atoms with Gasteiger partial charge in [-0.1, -0.05) is 11.6 Å². The van der Waals surface area contributed by atoms with E-state index in [-0.39, 0.29) is 5.91 Å². The van der Waals surface area contributed by atoms with Crippen molar-refractivity contribution in [2.75, 3.05) is 36.5 Å². The first-order valence-electron chi connectivity index (χ1n) is 7.15. The molecule has 2 aliphatic rings. The number of nitrogens with one attached hydrogen (secondary N) is 1. The van der Waals surface area contributed by atoms with E-state index in [2.05, 4.69) is 10.2 Å². The minimum atomic E-state index is -0.991. The molecule has 22 heavy (non-hydrogen) atoms. The molecule has 1 heterocycles. The molecular weight excluding hydrogens is 347 g/mol. The van der Waals surface area contributed by atoms with Crippen molar-refractivity contribution in [1.29, 1.82) is 0 Å². The SMILES string of the molecule is CC1(C(=O)Nc2cc(Cl)ccc2N2CCOCC2)CC1(Cl)Cl. The van der Waals surface area contributed by atoms with E-state index in [1.54, 1.807) is 13.0 Å². The van der Waals surface area contributed by atoms with Crippen LogP contribution in [0.5, 0.6) is 0 Å². The van der Waals surface area contributed by atoms with Crippen molar-refractivity contribution in [3.8, 4) is 0 Å². The third kappa shape index (κ3) is 2.90. The zero-order valence-electron chi connectivity index (χ0n) is 12.2. The topological polar surface area (TPSA) is 41.6 Å². The van der Waals surface area contributed by atoms with Crippen LogP contribution in [0.3, 0.4) is 0 Å². The fourth-order valence-electron chi connectivity index (χ4n) is 2.59. The van der Waals surface area contributed by atoms with E-state index in [0.29, 0.717) is 30.3 Å². The van der Waals surface area contributed by atoms with Crippen LogP contribution in [-0.4, -0.2) is 36.5 Å². The first-order chi connectivity index (χ1) is 10.3. The lowest BCUT2D eigenvalue weighted by Crippen LogP contribution is -2.37.